The summed E-state index contributed by atoms with van der Waals surface area (Å²) in [6, 6.07) is 1.90. The van der Waals surface area contributed by atoms with Crippen molar-refractivity contribution in [1.29, 1.82) is 0 Å². The van der Waals surface area contributed by atoms with Gasteiger partial charge in [-0.1, -0.05) is 6.92 Å². The quantitative estimate of drug-likeness (QED) is 0.891. The molecule has 1 N–H and O–H groups in total. The molecule has 0 amide bonds. The smallest absolute Gasteiger partial charge is 0.224 e. The van der Waals surface area contributed by atoms with Gasteiger partial charge in [0.25, 0.3) is 0 Å². The third-order valence-corrected chi connectivity index (χ3v) is 2.47. The maximum Gasteiger partial charge on any atom is 0.224 e. The lowest BCUT2D eigenvalue weighted by molar-refractivity contribution is 0.794. The van der Waals surface area contributed by atoms with Gasteiger partial charge in [-0.25, -0.2) is 9.97 Å². The molecule has 6 heteroatoms. The summed E-state index contributed by atoms with van der Waals surface area (Å²) in [5.74, 6) is 2.96. The van der Waals surface area contributed by atoms with Crippen molar-refractivity contribution in [2.45, 2.75) is 34.1 Å². The second-order valence-corrected chi connectivity index (χ2v) is 4.24. The van der Waals surface area contributed by atoms with Gasteiger partial charge in [0, 0.05) is 18.3 Å². The normalized spacial score (nSPS) is 10.7. The van der Waals surface area contributed by atoms with Crippen molar-refractivity contribution in [3.63, 3.8) is 0 Å². The Bertz CT molecular complexity index is 545. The fourth-order valence-corrected chi connectivity index (χ4v) is 1.71. The number of hydrogen-bond donors (Lipinski definition) is 1. The van der Waals surface area contributed by atoms with E-state index in [9.17, 15) is 0 Å². The van der Waals surface area contributed by atoms with Crippen molar-refractivity contribution < 1.29 is 0 Å². The van der Waals surface area contributed by atoms with Crippen LogP contribution in [0, 0.1) is 20.8 Å². The van der Waals surface area contributed by atoms with Gasteiger partial charge in [-0.3, -0.25) is 0 Å². The molecule has 0 fully saturated rings. The largest absolute Gasteiger partial charge is 0.354 e. The topological polar surface area (TPSA) is 68.5 Å². The van der Waals surface area contributed by atoms with Gasteiger partial charge in [0.15, 0.2) is 5.82 Å². The molecule has 2 rings (SSSR count). The molecule has 0 saturated carbocycles. The lowest BCUT2D eigenvalue weighted by atomic mass is 10.4. The molecule has 0 aliphatic heterocycles. The fraction of sp³-hybridized carbons (Fsp3) is 0.500. The third-order valence-electron chi connectivity index (χ3n) is 2.47. The highest BCUT2D eigenvalue weighted by Gasteiger charge is 2.08. The maximum absolute atomic E-state index is 4.45. The predicted octanol–water partition coefficient (Wildman–Crippen LogP) is 1.80. The minimum absolute atomic E-state index is 0.638. The standard InChI is InChI=1S/C12H18N6/c1-5-6-13-12-14-8(2)7-11(16-12)18-10(4)15-9(3)17-18/h7H,5-6H2,1-4H3,(H,13,14,16). The second-order valence-electron chi connectivity index (χ2n) is 4.24. The van der Waals surface area contributed by atoms with Crippen LogP contribution in [0.3, 0.4) is 0 Å². The van der Waals surface area contributed by atoms with E-state index < -0.39 is 0 Å². The molecule has 0 radical (unpaired) electrons. The van der Waals surface area contributed by atoms with E-state index in [1.807, 2.05) is 26.8 Å². The maximum atomic E-state index is 4.45. The second kappa shape index (κ2) is 5.12. The number of aromatic nitrogens is 5. The Morgan fingerprint density at radius 3 is 2.56 bits per heavy atom. The number of rotatable bonds is 4. The molecule has 0 atom stereocenters. The van der Waals surface area contributed by atoms with Crippen LogP contribution in [0.15, 0.2) is 6.07 Å². The monoisotopic (exact) mass is 246 g/mol. The Labute approximate surface area is 106 Å². The summed E-state index contributed by atoms with van der Waals surface area (Å²) in [5, 5.41) is 7.52. The molecule has 96 valence electrons. The molecule has 0 spiro atoms. The van der Waals surface area contributed by atoms with Gasteiger partial charge in [0.05, 0.1) is 0 Å². The third kappa shape index (κ3) is 2.64. The van der Waals surface area contributed by atoms with E-state index in [-0.39, 0.29) is 0 Å². The van der Waals surface area contributed by atoms with Crippen LogP contribution in [-0.2, 0) is 0 Å². The number of aryl methyl sites for hydroxylation is 3. The van der Waals surface area contributed by atoms with Crippen LogP contribution in [-0.4, -0.2) is 31.3 Å². The minimum Gasteiger partial charge on any atom is -0.354 e. The molecule has 0 aliphatic carbocycles. The Morgan fingerprint density at radius 1 is 1.17 bits per heavy atom. The van der Waals surface area contributed by atoms with Crippen LogP contribution >= 0.6 is 0 Å². The van der Waals surface area contributed by atoms with Crippen molar-refractivity contribution in [2.75, 3.05) is 11.9 Å². The van der Waals surface area contributed by atoms with Gasteiger partial charge in [-0.15, -0.1) is 5.10 Å². The molecule has 2 heterocycles. The van der Waals surface area contributed by atoms with Crippen LogP contribution in [0.4, 0.5) is 5.95 Å². The first-order valence-corrected chi connectivity index (χ1v) is 6.10. The van der Waals surface area contributed by atoms with Gasteiger partial charge in [-0.2, -0.15) is 9.67 Å². The SMILES string of the molecule is CCCNc1nc(C)cc(-n2nc(C)nc2C)n1. The fourth-order valence-electron chi connectivity index (χ4n) is 1.71. The highest BCUT2D eigenvalue weighted by Crippen LogP contribution is 2.11. The first-order chi connectivity index (χ1) is 8.60. The highest BCUT2D eigenvalue weighted by molar-refractivity contribution is 5.34. The van der Waals surface area contributed by atoms with E-state index >= 15 is 0 Å². The molecular weight excluding hydrogens is 228 g/mol. The molecule has 2 aromatic heterocycles. The van der Waals surface area contributed by atoms with Crippen molar-refractivity contribution in [2.24, 2.45) is 0 Å². The Hall–Kier alpha value is -1.98. The average Bonchev–Trinajstić information content (AvgIpc) is 2.65. The molecule has 0 aromatic carbocycles. The molecule has 0 saturated heterocycles. The zero-order valence-corrected chi connectivity index (χ0v) is 11.2. The van der Waals surface area contributed by atoms with E-state index in [1.54, 1.807) is 4.68 Å². The number of nitrogens with one attached hydrogen (secondary N) is 1. The average molecular weight is 246 g/mol. The predicted molar refractivity (Wildman–Crippen MR) is 69.9 cm³/mol. The summed E-state index contributed by atoms with van der Waals surface area (Å²) in [5.41, 5.74) is 0.908. The molecular formula is C12H18N6. The number of anilines is 1. The molecule has 0 aliphatic rings. The summed E-state index contributed by atoms with van der Waals surface area (Å²) in [6.07, 6.45) is 1.04. The Kier molecular flexibility index (Phi) is 3.55. The van der Waals surface area contributed by atoms with Gasteiger partial charge >= 0.3 is 0 Å². The van der Waals surface area contributed by atoms with E-state index in [0.29, 0.717) is 5.95 Å². The Balaban J connectivity index is 2.38. The van der Waals surface area contributed by atoms with Crippen molar-refractivity contribution in [3.05, 3.63) is 23.4 Å². The van der Waals surface area contributed by atoms with Crippen LogP contribution in [0.1, 0.15) is 30.7 Å². The van der Waals surface area contributed by atoms with Crippen LogP contribution < -0.4 is 5.32 Å². The van der Waals surface area contributed by atoms with Gasteiger partial charge in [0.1, 0.15) is 11.6 Å². The van der Waals surface area contributed by atoms with Crippen LogP contribution in [0.2, 0.25) is 0 Å². The molecule has 0 unspecified atom stereocenters. The molecule has 6 nitrogen and oxygen atoms in total. The van der Waals surface area contributed by atoms with Crippen molar-refractivity contribution in [1.82, 2.24) is 24.7 Å². The van der Waals surface area contributed by atoms with Crippen molar-refractivity contribution >= 4 is 5.95 Å². The van der Waals surface area contributed by atoms with Crippen LogP contribution in [0.5, 0.6) is 0 Å². The first kappa shape index (κ1) is 12.5. The number of hydrogen-bond acceptors (Lipinski definition) is 5. The zero-order chi connectivity index (χ0) is 13.1. The van der Waals surface area contributed by atoms with E-state index in [0.717, 1.165) is 36.1 Å². The van der Waals surface area contributed by atoms with E-state index in [1.165, 1.54) is 0 Å². The molecule has 18 heavy (non-hydrogen) atoms. The van der Waals surface area contributed by atoms with Gasteiger partial charge < -0.3 is 5.32 Å². The zero-order valence-electron chi connectivity index (χ0n) is 11.2. The number of nitrogens with zero attached hydrogens (tertiary/aromatic N) is 5. The van der Waals surface area contributed by atoms with E-state index in [4.69, 9.17) is 0 Å². The molecule has 2 aromatic rings. The summed E-state index contributed by atoms with van der Waals surface area (Å²) in [7, 11) is 0. The summed E-state index contributed by atoms with van der Waals surface area (Å²) >= 11 is 0. The summed E-state index contributed by atoms with van der Waals surface area (Å²) in [4.78, 5) is 13.1. The lowest BCUT2D eigenvalue weighted by Crippen LogP contribution is -2.09. The lowest BCUT2D eigenvalue weighted by Gasteiger charge is -2.07. The molecule has 0 bridgehead atoms. The highest BCUT2D eigenvalue weighted by atomic mass is 15.4. The minimum atomic E-state index is 0.638. The van der Waals surface area contributed by atoms with Gasteiger partial charge in [-0.05, 0) is 27.2 Å². The van der Waals surface area contributed by atoms with E-state index in [2.05, 4.69) is 32.3 Å². The summed E-state index contributed by atoms with van der Waals surface area (Å²) < 4.78 is 1.74. The Morgan fingerprint density at radius 2 is 1.94 bits per heavy atom. The van der Waals surface area contributed by atoms with Gasteiger partial charge in [0.2, 0.25) is 5.95 Å². The van der Waals surface area contributed by atoms with Crippen LogP contribution in [0.25, 0.3) is 5.82 Å². The van der Waals surface area contributed by atoms with Crippen molar-refractivity contribution in [3.8, 4) is 5.82 Å². The first-order valence-electron chi connectivity index (χ1n) is 6.10. The summed E-state index contributed by atoms with van der Waals surface area (Å²) in [6.45, 7) is 8.69.